The number of nitrogens with one attached hydrogen (secondary N) is 2. The summed E-state index contributed by atoms with van der Waals surface area (Å²) in [5.74, 6) is 0.926. The van der Waals surface area contributed by atoms with Crippen molar-refractivity contribution in [1.29, 1.82) is 0 Å². The normalized spacial score (nSPS) is 10.7. The number of nitrogens with zero attached hydrogens (tertiary/aromatic N) is 1. The molecule has 0 spiro atoms. The van der Waals surface area contributed by atoms with Crippen LogP contribution in [-0.2, 0) is 6.54 Å². The van der Waals surface area contributed by atoms with Crippen LogP contribution >= 0.6 is 15.9 Å². The molecule has 0 aliphatic rings. The van der Waals surface area contributed by atoms with E-state index in [4.69, 9.17) is 0 Å². The van der Waals surface area contributed by atoms with Crippen LogP contribution in [0, 0.1) is 6.92 Å². The maximum atomic E-state index is 4.57. The Kier molecular flexibility index (Phi) is 3.41. The summed E-state index contributed by atoms with van der Waals surface area (Å²) in [6, 6.07) is 8.13. The molecule has 0 radical (unpaired) electrons. The Labute approximate surface area is 103 Å². The van der Waals surface area contributed by atoms with Gasteiger partial charge in [-0.15, -0.1) is 0 Å². The number of benzene rings is 1. The predicted octanol–water partition coefficient (Wildman–Crippen LogP) is 2.87. The molecule has 3 nitrogen and oxygen atoms in total. The van der Waals surface area contributed by atoms with Crippen molar-refractivity contribution in [1.82, 2.24) is 15.3 Å². The molecule has 2 rings (SSSR count). The third-order valence-electron chi connectivity index (χ3n) is 2.45. The van der Waals surface area contributed by atoms with Gasteiger partial charge in [-0.25, -0.2) is 4.98 Å². The van der Waals surface area contributed by atoms with Crippen molar-refractivity contribution in [2.24, 2.45) is 0 Å². The molecule has 0 aliphatic carbocycles. The van der Waals surface area contributed by atoms with Crippen molar-refractivity contribution in [2.75, 3.05) is 7.05 Å². The van der Waals surface area contributed by atoms with Crippen LogP contribution in [0.15, 0.2) is 28.7 Å². The van der Waals surface area contributed by atoms with Gasteiger partial charge in [-0.1, -0.05) is 28.1 Å². The fraction of sp³-hybridized carbons (Fsp3) is 0.250. The fourth-order valence-corrected chi connectivity index (χ4v) is 1.84. The van der Waals surface area contributed by atoms with Crippen LogP contribution in [0.4, 0.5) is 0 Å². The minimum absolute atomic E-state index is 0.791. The van der Waals surface area contributed by atoms with Gasteiger partial charge in [-0.05, 0) is 26.1 Å². The first-order chi connectivity index (χ1) is 7.70. The highest BCUT2D eigenvalue weighted by atomic mass is 79.9. The number of H-pyrrole nitrogens is 1. The van der Waals surface area contributed by atoms with E-state index in [0.717, 1.165) is 33.8 Å². The first-order valence-electron chi connectivity index (χ1n) is 5.16. The van der Waals surface area contributed by atoms with Crippen LogP contribution in [-0.4, -0.2) is 17.0 Å². The summed E-state index contributed by atoms with van der Waals surface area (Å²) < 4.78 is 1.08. The van der Waals surface area contributed by atoms with Crippen LogP contribution < -0.4 is 5.32 Å². The van der Waals surface area contributed by atoms with Gasteiger partial charge in [-0.2, -0.15) is 0 Å². The molecular formula is C12H14BrN3. The van der Waals surface area contributed by atoms with Crippen molar-refractivity contribution in [3.63, 3.8) is 0 Å². The zero-order valence-corrected chi connectivity index (χ0v) is 10.9. The summed E-state index contributed by atoms with van der Waals surface area (Å²) in [6.07, 6.45) is 0. The monoisotopic (exact) mass is 279 g/mol. The Balaban J connectivity index is 2.33. The van der Waals surface area contributed by atoms with Gasteiger partial charge in [0.1, 0.15) is 5.82 Å². The van der Waals surface area contributed by atoms with E-state index in [0.29, 0.717) is 0 Å². The number of halogens is 1. The van der Waals surface area contributed by atoms with Gasteiger partial charge < -0.3 is 10.3 Å². The molecule has 0 aliphatic heterocycles. The molecule has 0 unspecified atom stereocenters. The number of hydrogen-bond donors (Lipinski definition) is 2. The van der Waals surface area contributed by atoms with Crippen LogP contribution in [0.1, 0.15) is 11.4 Å². The van der Waals surface area contributed by atoms with E-state index in [1.165, 1.54) is 0 Å². The second kappa shape index (κ2) is 4.80. The van der Waals surface area contributed by atoms with E-state index in [9.17, 15) is 0 Å². The average Bonchev–Trinajstić information content (AvgIpc) is 2.62. The molecule has 4 heteroatoms. The lowest BCUT2D eigenvalue weighted by atomic mass is 10.2. The molecule has 0 fully saturated rings. The second-order valence-electron chi connectivity index (χ2n) is 3.69. The molecule has 16 heavy (non-hydrogen) atoms. The predicted molar refractivity (Wildman–Crippen MR) is 69.2 cm³/mol. The average molecular weight is 280 g/mol. The number of hydrogen-bond acceptors (Lipinski definition) is 2. The van der Waals surface area contributed by atoms with Gasteiger partial charge in [0.15, 0.2) is 0 Å². The molecule has 2 aromatic rings. The summed E-state index contributed by atoms with van der Waals surface area (Å²) >= 11 is 3.42. The van der Waals surface area contributed by atoms with Crippen molar-refractivity contribution < 1.29 is 0 Å². The van der Waals surface area contributed by atoms with E-state index in [2.05, 4.69) is 31.2 Å². The Morgan fingerprint density at radius 2 is 2.00 bits per heavy atom. The first kappa shape index (κ1) is 11.4. The Hall–Kier alpha value is -1.13. The number of aromatic amines is 1. The molecular weight excluding hydrogens is 266 g/mol. The SMILES string of the molecule is CNCc1nc(-c2ccc(Br)cc2)[nH]c1C. The van der Waals surface area contributed by atoms with Crippen LogP contribution in [0.3, 0.4) is 0 Å². The molecule has 1 aromatic heterocycles. The zero-order valence-electron chi connectivity index (χ0n) is 9.34. The molecule has 0 bridgehead atoms. The molecule has 1 heterocycles. The minimum atomic E-state index is 0.791. The summed E-state index contributed by atoms with van der Waals surface area (Å²) in [4.78, 5) is 7.86. The van der Waals surface area contributed by atoms with Crippen molar-refractivity contribution in [3.05, 3.63) is 40.1 Å². The number of aryl methyl sites for hydroxylation is 1. The lowest BCUT2D eigenvalue weighted by Crippen LogP contribution is -2.06. The van der Waals surface area contributed by atoms with Gasteiger partial charge in [0.25, 0.3) is 0 Å². The molecule has 2 N–H and O–H groups in total. The van der Waals surface area contributed by atoms with Gasteiger partial charge in [0.2, 0.25) is 0 Å². The van der Waals surface area contributed by atoms with Gasteiger partial charge in [0, 0.05) is 22.3 Å². The quantitative estimate of drug-likeness (QED) is 0.907. The fourth-order valence-electron chi connectivity index (χ4n) is 1.58. The van der Waals surface area contributed by atoms with E-state index in [1.807, 2.05) is 38.2 Å². The lowest BCUT2D eigenvalue weighted by molar-refractivity contribution is 0.791. The topological polar surface area (TPSA) is 40.7 Å². The Morgan fingerprint density at radius 1 is 1.31 bits per heavy atom. The van der Waals surface area contributed by atoms with Crippen LogP contribution in [0.25, 0.3) is 11.4 Å². The number of imidazole rings is 1. The second-order valence-corrected chi connectivity index (χ2v) is 4.61. The summed E-state index contributed by atoms with van der Waals surface area (Å²) in [7, 11) is 1.92. The van der Waals surface area contributed by atoms with Crippen LogP contribution in [0.5, 0.6) is 0 Å². The minimum Gasteiger partial charge on any atom is -0.342 e. The molecule has 84 valence electrons. The third kappa shape index (κ3) is 2.33. The zero-order chi connectivity index (χ0) is 11.5. The van der Waals surface area contributed by atoms with Crippen molar-refractivity contribution in [2.45, 2.75) is 13.5 Å². The van der Waals surface area contributed by atoms with E-state index in [-0.39, 0.29) is 0 Å². The smallest absolute Gasteiger partial charge is 0.137 e. The largest absolute Gasteiger partial charge is 0.342 e. The standard InChI is InChI=1S/C12H14BrN3/c1-8-11(7-14-2)16-12(15-8)9-3-5-10(13)6-4-9/h3-6,14H,7H2,1-2H3,(H,15,16). The highest BCUT2D eigenvalue weighted by molar-refractivity contribution is 9.10. The third-order valence-corrected chi connectivity index (χ3v) is 2.98. The van der Waals surface area contributed by atoms with Gasteiger partial charge in [-0.3, -0.25) is 0 Å². The maximum Gasteiger partial charge on any atom is 0.137 e. The number of rotatable bonds is 3. The van der Waals surface area contributed by atoms with Gasteiger partial charge >= 0.3 is 0 Å². The Bertz CT molecular complexity index is 474. The summed E-state index contributed by atoms with van der Waals surface area (Å²) in [5.41, 5.74) is 3.29. The van der Waals surface area contributed by atoms with Crippen molar-refractivity contribution in [3.8, 4) is 11.4 Å². The van der Waals surface area contributed by atoms with E-state index in [1.54, 1.807) is 0 Å². The molecule has 0 saturated heterocycles. The highest BCUT2D eigenvalue weighted by Gasteiger charge is 2.07. The molecule has 0 saturated carbocycles. The van der Waals surface area contributed by atoms with E-state index < -0.39 is 0 Å². The first-order valence-corrected chi connectivity index (χ1v) is 5.96. The van der Waals surface area contributed by atoms with Crippen molar-refractivity contribution >= 4 is 15.9 Å². The summed E-state index contributed by atoms with van der Waals surface area (Å²) in [6.45, 7) is 2.83. The molecule has 0 amide bonds. The molecule has 0 atom stereocenters. The highest BCUT2D eigenvalue weighted by Crippen LogP contribution is 2.20. The maximum absolute atomic E-state index is 4.57. The Morgan fingerprint density at radius 3 is 2.62 bits per heavy atom. The lowest BCUT2D eigenvalue weighted by Gasteiger charge is -1.96. The van der Waals surface area contributed by atoms with E-state index >= 15 is 0 Å². The number of aromatic nitrogens is 2. The molecule has 1 aromatic carbocycles. The van der Waals surface area contributed by atoms with Crippen LogP contribution in [0.2, 0.25) is 0 Å². The van der Waals surface area contributed by atoms with Gasteiger partial charge in [0.05, 0.1) is 5.69 Å². The summed E-state index contributed by atoms with van der Waals surface area (Å²) in [5, 5.41) is 3.11.